The van der Waals surface area contributed by atoms with E-state index in [1.54, 1.807) is 29.4 Å². The minimum absolute atomic E-state index is 0.111. The molecule has 0 bridgehead atoms. The van der Waals surface area contributed by atoms with E-state index in [0.717, 1.165) is 48.3 Å². The summed E-state index contributed by atoms with van der Waals surface area (Å²) in [6.45, 7) is 6.26. The lowest BCUT2D eigenvalue weighted by molar-refractivity contribution is -0.129. The molecule has 1 saturated heterocycles. The van der Waals surface area contributed by atoms with Gasteiger partial charge in [0, 0.05) is 44.3 Å². The van der Waals surface area contributed by atoms with Crippen LogP contribution in [0.2, 0.25) is 0 Å². The maximum atomic E-state index is 14.0. The molecule has 1 aromatic carbocycles. The van der Waals surface area contributed by atoms with E-state index in [9.17, 15) is 14.7 Å². The van der Waals surface area contributed by atoms with Crippen LogP contribution in [0.15, 0.2) is 60.1 Å². The van der Waals surface area contributed by atoms with Gasteiger partial charge in [0.1, 0.15) is 0 Å². The van der Waals surface area contributed by atoms with Crippen LogP contribution < -0.4 is 0 Å². The number of rotatable bonds is 7. The van der Waals surface area contributed by atoms with Gasteiger partial charge in [-0.2, -0.15) is 0 Å². The van der Waals surface area contributed by atoms with Crippen molar-refractivity contribution in [3.05, 3.63) is 76.3 Å². The van der Waals surface area contributed by atoms with Crippen molar-refractivity contribution in [1.82, 2.24) is 24.2 Å². The Morgan fingerprint density at radius 3 is 2.68 bits per heavy atom. The van der Waals surface area contributed by atoms with Gasteiger partial charge in [0.25, 0.3) is 5.91 Å². The molecule has 9 nitrogen and oxygen atoms in total. The molecule has 1 N–H and O–H groups in total. The number of amides is 1. The molecule has 5 heterocycles. The minimum Gasteiger partial charge on any atom is -0.503 e. The monoisotopic (exact) mass is 517 g/mol. The van der Waals surface area contributed by atoms with Gasteiger partial charge in [0.2, 0.25) is 5.78 Å². The van der Waals surface area contributed by atoms with Crippen LogP contribution in [0.25, 0.3) is 16.0 Å². The van der Waals surface area contributed by atoms with E-state index in [1.165, 1.54) is 11.3 Å². The number of aromatic nitrogens is 3. The number of Topliss-reactive ketones (excluding diaryl/α,β-unsaturated/α-hetero) is 1. The first kappa shape index (κ1) is 23.8. The molecule has 1 unspecified atom stereocenters. The molecule has 0 saturated carbocycles. The average molecular weight is 518 g/mol. The lowest BCUT2D eigenvalue weighted by Gasteiger charge is -2.29. The number of morpholine rings is 1. The molecule has 37 heavy (non-hydrogen) atoms. The molecule has 0 radical (unpaired) electrons. The quantitative estimate of drug-likeness (QED) is 0.374. The van der Waals surface area contributed by atoms with Gasteiger partial charge >= 0.3 is 0 Å². The van der Waals surface area contributed by atoms with Crippen molar-refractivity contribution >= 4 is 39.0 Å². The SMILES string of the molecule is Cc1c(C(=O)C2=C(O)C(=O)N(CCCN3CCOCC3)C2c2ccncc2)sc2nc3ccccc3n12. The van der Waals surface area contributed by atoms with Gasteiger partial charge in [-0.05, 0) is 43.2 Å². The minimum atomic E-state index is -0.682. The molecule has 4 aromatic rings. The number of ether oxygens (including phenoxy) is 1. The number of carbonyl (C=O) groups is 2. The molecule has 10 heteroatoms. The van der Waals surface area contributed by atoms with Gasteiger partial charge in [0.05, 0.1) is 40.7 Å². The number of ketones is 1. The zero-order valence-corrected chi connectivity index (χ0v) is 21.3. The predicted octanol–water partition coefficient (Wildman–Crippen LogP) is 3.55. The number of aryl methyl sites for hydroxylation is 1. The van der Waals surface area contributed by atoms with Gasteiger partial charge in [-0.1, -0.05) is 23.5 Å². The normalized spacial score (nSPS) is 19.0. The fourth-order valence-electron chi connectivity index (χ4n) is 5.29. The summed E-state index contributed by atoms with van der Waals surface area (Å²) in [7, 11) is 0. The summed E-state index contributed by atoms with van der Waals surface area (Å²) >= 11 is 1.28. The van der Waals surface area contributed by atoms with Crippen LogP contribution in [0.1, 0.15) is 33.4 Å². The molecule has 3 aromatic heterocycles. The lowest BCUT2D eigenvalue weighted by atomic mass is 9.95. The number of carbonyl (C=O) groups excluding carboxylic acids is 2. The van der Waals surface area contributed by atoms with Crippen LogP contribution in [0.3, 0.4) is 0 Å². The van der Waals surface area contributed by atoms with Crippen molar-refractivity contribution in [2.75, 3.05) is 39.4 Å². The van der Waals surface area contributed by atoms with Crippen molar-refractivity contribution in [1.29, 1.82) is 0 Å². The Kier molecular flexibility index (Phi) is 6.23. The molecule has 0 spiro atoms. The van der Waals surface area contributed by atoms with Gasteiger partial charge in [-0.25, -0.2) is 4.98 Å². The number of imidazole rings is 1. The van der Waals surface area contributed by atoms with Crippen LogP contribution in [0.5, 0.6) is 0 Å². The smallest absolute Gasteiger partial charge is 0.290 e. The Balaban J connectivity index is 1.34. The number of aliphatic hydroxyl groups is 1. The van der Waals surface area contributed by atoms with Crippen molar-refractivity contribution in [3.63, 3.8) is 0 Å². The first-order valence-corrected chi connectivity index (χ1v) is 13.2. The maximum absolute atomic E-state index is 14.0. The largest absolute Gasteiger partial charge is 0.503 e. The summed E-state index contributed by atoms with van der Waals surface area (Å²) in [6, 6.07) is 10.7. The fraction of sp³-hybridized carbons (Fsp3) is 0.333. The van der Waals surface area contributed by atoms with Gasteiger partial charge in [-0.15, -0.1) is 0 Å². The first-order chi connectivity index (χ1) is 18.0. The standard InChI is InChI=1S/C27H27N5O4S/c1-17-25(37-27-29-19-5-2-3-6-20(19)32(17)27)23(33)21-22(18-7-9-28-10-8-18)31(26(35)24(21)34)12-4-11-30-13-15-36-16-14-30/h2-3,5-10,22,34H,4,11-16H2,1H3. The highest BCUT2D eigenvalue weighted by molar-refractivity contribution is 7.19. The molecular formula is C27H27N5O4S. The highest BCUT2D eigenvalue weighted by Gasteiger charge is 2.44. The van der Waals surface area contributed by atoms with Crippen LogP contribution in [-0.2, 0) is 9.53 Å². The van der Waals surface area contributed by atoms with E-state index in [2.05, 4.69) is 14.9 Å². The van der Waals surface area contributed by atoms with Crippen LogP contribution in [0.4, 0.5) is 0 Å². The third-order valence-corrected chi connectivity index (χ3v) is 8.28. The number of thiazole rings is 1. The number of aliphatic hydroxyl groups excluding tert-OH is 1. The number of benzene rings is 1. The third-order valence-electron chi connectivity index (χ3n) is 7.14. The van der Waals surface area contributed by atoms with E-state index in [-0.39, 0.29) is 11.4 Å². The van der Waals surface area contributed by atoms with Crippen molar-refractivity contribution < 1.29 is 19.4 Å². The molecule has 6 rings (SSSR count). The average Bonchev–Trinajstić information content (AvgIpc) is 3.54. The van der Waals surface area contributed by atoms with Crippen LogP contribution in [0, 0.1) is 6.92 Å². The number of fused-ring (bicyclic) bond motifs is 3. The molecule has 190 valence electrons. The molecule has 2 aliphatic heterocycles. The van der Waals surface area contributed by atoms with E-state index in [1.807, 2.05) is 35.6 Å². The van der Waals surface area contributed by atoms with Gasteiger partial charge < -0.3 is 14.7 Å². The Morgan fingerprint density at radius 2 is 1.89 bits per heavy atom. The summed E-state index contributed by atoms with van der Waals surface area (Å²) in [4.78, 5) is 41.2. The number of hydrogen-bond acceptors (Lipinski definition) is 8. The Morgan fingerprint density at radius 1 is 1.14 bits per heavy atom. The molecular weight excluding hydrogens is 490 g/mol. The zero-order chi connectivity index (χ0) is 25.5. The zero-order valence-electron chi connectivity index (χ0n) is 20.5. The summed E-state index contributed by atoms with van der Waals surface area (Å²) in [5.74, 6) is -1.34. The van der Waals surface area contributed by atoms with E-state index < -0.39 is 17.7 Å². The summed E-state index contributed by atoms with van der Waals surface area (Å²) in [5, 5.41) is 11.0. The molecule has 0 aliphatic carbocycles. The Hall–Kier alpha value is -3.60. The Bertz CT molecular complexity index is 1520. The highest BCUT2D eigenvalue weighted by Crippen LogP contribution is 2.40. The van der Waals surface area contributed by atoms with E-state index in [4.69, 9.17) is 4.74 Å². The van der Waals surface area contributed by atoms with E-state index >= 15 is 0 Å². The summed E-state index contributed by atoms with van der Waals surface area (Å²) < 4.78 is 7.38. The molecule has 1 amide bonds. The highest BCUT2D eigenvalue weighted by atomic mass is 32.1. The van der Waals surface area contributed by atoms with Gasteiger partial charge in [-0.3, -0.25) is 23.9 Å². The van der Waals surface area contributed by atoms with Crippen LogP contribution >= 0.6 is 11.3 Å². The third kappa shape index (κ3) is 4.11. The maximum Gasteiger partial charge on any atom is 0.290 e. The van der Waals surface area contributed by atoms with Crippen molar-refractivity contribution in [3.8, 4) is 0 Å². The summed E-state index contributed by atoms with van der Waals surface area (Å²) in [6.07, 6.45) is 4.00. The molecule has 2 aliphatic rings. The second kappa shape index (κ2) is 9.70. The second-order valence-corrected chi connectivity index (χ2v) is 10.3. The number of para-hydroxylation sites is 2. The fourth-order valence-corrected chi connectivity index (χ4v) is 6.39. The number of pyridine rings is 1. The van der Waals surface area contributed by atoms with Crippen molar-refractivity contribution in [2.24, 2.45) is 0 Å². The predicted molar refractivity (Wildman–Crippen MR) is 140 cm³/mol. The topological polar surface area (TPSA) is 100 Å². The second-order valence-electron chi connectivity index (χ2n) is 9.32. The number of nitrogens with zero attached hydrogens (tertiary/aromatic N) is 5. The van der Waals surface area contributed by atoms with Crippen LogP contribution in [-0.4, -0.2) is 80.4 Å². The lowest BCUT2D eigenvalue weighted by Crippen LogP contribution is -2.39. The summed E-state index contributed by atoms with van der Waals surface area (Å²) in [5.41, 5.74) is 3.37. The van der Waals surface area contributed by atoms with E-state index in [0.29, 0.717) is 29.6 Å². The Labute approximate surface area is 217 Å². The number of hydrogen-bond donors (Lipinski definition) is 1. The molecule has 1 fully saturated rings. The van der Waals surface area contributed by atoms with Crippen molar-refractivity contribution in [2.45, 2.75) is 19.4 Å². The molecule has 1 atom stereocenters. The van der Waals surface area contributed by atoms with Gasteiger partial charge in [0.15, 0.2) is 10.7 Å². The first-order valence-electron chi connectivity index (χ1n) is 12.4.